The number of ether oxygens (including phenoxy) is 1. The van der Waals surface area contributed by atoms with E-state index in [9.17, 15) is 13.6 Å². The summed E-state index contributed by atoms with van der Waals surface area (Å²) in [7, 11) is 0. The van der Waals surface area contributed by atoms with Crippen LogP contribution in [-0.4, -0.2) is 18.6 Å². The Morgan fingerprint density at radius 3 is 2.78 bits per heavy atom. The molecule has 0 aliphatic rings. The van der Waals surface area contributed by atoms with Crippen molar-refractivity contribution in [1.29, 1.82) is 0 Å². The van der Waals surface area contributed by atoms with Crippen LogP contribution in [-0.2, 0) is 11.3 Å². The Kier molecular flexibility index (Phi) is 5.49. The molecule has 1 atom stereocenters. The van der Waals surface area contributed by atoms with Crippen LogP contribution in [0.2, 0.25) is 0 Å². The zero-order chi connectivity index (χ0) is 13.7. The second kappa shape index (κ2) is 6.65. The van der Waals surface area contributed by atoms with Gasteiger partial charge in [-0.15, -0.1) is 0 Å². The van der Waals surface area contributed by atoms with Gasteiger partial charge in [-0.25, -0.2) is 0 Å². The Balaban J connectivity index is 2.78. The molecule has 0 saturated heterocycles. The van der Waals surface area contributed by atoms with Gasteiger partial charge in [-0.05, 0) is 25.1 Å². The van der Waals surface area contributed by atoms with Gasteiger partial charge in [0.2, 0.25) is 5.91 Å². The topological polar surface area (TPSA) is 64.3 Å². The maximum atomic E-state index is 12.2. The third-order valence-corrected chi connectivity index (χ3v) is 2.76. The van der Waals surface area contributed by atoms with Gasteiger partial charge in [-0.3, -0.25) is 4.79 Å². The third-order valence-electron chi connectivity index (χ3n) is 2.26. The van der Waals surface area contributed by atoms with Crippen LogP contribution in [0.15, 0.2) is 22.7 Å². The molecule has 7 heteroatoms. The van der Waals surface area contributed by atoms with E-state index in [0.717, 1.165) is 4.47 Å². The quantitative estimate of drug-likeness (QED) is 0.842. The lowest BCUT2D eigenvalue weighted by Crippen LogP contribution is -2.38. The standard InChI is InChI=1S/C11H13BrF2N2O2/c1-6(10(15)17)16-5-7-4-8(12)2-3-9(7)18-11(13)14/h2-4,6,11,16H,5H2,1H3,(H2,15,17). The fourth-order valence-corrected chi connectivity index (χ4v) is 1.67. The Morgan fingerprint density at radius 2 is 2.22 bits per heavy atom. The Morgan fingerprint density at radius 1 is 1.56 bits per heavy atom. The smallest absolute Gasteiger partial charge is 0.387 e. The number of nitrogens with one attached hydrogen (secondary N) is 1. The lowest BCUT2D eigenvalue weighted by Gasteiger charge is -2.14. The lowest BCUT2D eigenvalue weighted by molar-refractivity contribution is -0.119. The highest BCUT2D eigenvalue weighted by molar-refractivity contribution is 9.10. The van der Waals surface area contributed by atoms with Crippen molar-refractivity contribution in [3.63, 3.8) is 0 Å². The summed E-state index contributed by atoms with van der Waals surface area (Å²) in [5, 5.41) is 2.82. The molecule has 0 aliphatic carbocycles. The minimum Gasteiger partial charge on any atom is -0.434 e. The zero-order valence-corrected chi connectivity index (χ0v) is 11.2. The van der Waals surface area contributed by atoms with Gasteiger partial charge in [0.05, 0.1) is 6.04 Å². The van der Waals surface area contributed by atoms with E-state index in [1.807, 2.05) is 0 Å². The van der Waals surface area contributed by atoms with Crippen molar-refractivity contribution in [2.45, 2.75) is 26.1 Å². The predicted octanol–water partition coefficient (Wildman–Crippen LogP) is 2.01. The molecule has 0 aliphatic heterocycles. The summed E-state index contributed by atoms with van der Waals surface area (Å²) in [5.41, 5.74) is 5.60. The van der Waals surface area contributed by atoms with Crippen molar-refractivity contribution < 1.29 is 18.3 Å². The van der Waals surface area contributed by atoms with Crippen LogP contribution >= 0.6 is 15.9 Å². The number of carbonyl (C=O) groups is 1. The van der Waals surface area contributed by atoms with Gasteiger partial charge in [0.15, 0.2) is 0 Å². The SMILES string of the molecule is CC(NCc1cc(Br)ccc1OC(F)F)C(N)=O. The summed E-state index contributed by atoms with van der Waals surface area (Å²) in [6.07, 6.45) is 0. The minimum atomic E-state index is -2.89. The van der Waals surface area contributed by atoms with Gasteiger partial charge in [-0.2, -0.15) is 8.78 Å². The highest BCUT2D eigenvalue weighted by Crippen LogP contribution is 2.24. The monoisotopic (exact) mass is 322 g/mol. The molecule has 0 heterocycles. The van der Waals surface area contributed by atoms with Crippen LogP contribution in [0.1, 0.15) is 12.5 Å². The molecule has 0 saturated carbocycles. The molecule has 1 unspecified atom stereocenters. The molecule has 1 aromatic carbocycles. The van der Waals surface area contributed by atoms with Crippen LogP contribution in [0.25, 0.3) is 0 Å². The van der Waals surface area contributed by atoms with Gasteiger partial charge in [0, 0.05) is 16.6 Å². The molecule has 1 rings (SSSR count). The van der Waals surface area contributed by atoms with Crippen LogP contribution in [0.3, 0.4) is 0 Å². The molecular weight excluding hydrogens is 310 g/mol. The molecule has 0 spiro atoms. The number of rotatable bonds is 6. The summed E-state index contributed by atoms with van der Waals surface area (Å²) >= 11 is 3.24. The van der Waals surface area contributed by atoms with Gasteiger partial charge < -0.3 is 15.8 Å². The molecule has 4 nitrogen and oxygen atoms in total. The van der Waals surface area contributed by atoms with E-state index < -0.39 is 18.6 Å². The van der Waals surface area contributed by atoms with E-state index in [0.29, 0.717) is 5.56 Å². The van der Waals surface area contributed by atoms with Gasteiger partial charge in [0.25, 0.3) is 0 Å². The normalized spacial score (nSPS) is 12.5. The van der Waals surface area contributed by atoms with E-state index in [4.69, 9.17) is 5.73 Å². The fourth-order valence-electron chi connectivity index (χ4n) is 1.26. The molecular formula is C11H13BrF2N2O2. The van der Waals surface area contributed by atoms with E-state index >= 15 is 0 Å². The Hall–Kier alpha value is -1.21. The van der Waals surface area contributed by atoms with Gasteiger partial charge in [0.1, 0.15) is 5.75 Å². The van der Waals surface area contributed by atoms with E-state index in [1.54, 1.807) is 19.1 Å². The van der Waals surface area contributed by atoms with Crippen molar-refractivity contribution in [2.24, 2.45) is 5.73 Å². The van der Waals surface area contributed by atoms with Gasteiger partial charge >= 0.3 is 6.61 Å². The van der Waals surface area contributed by atoms with Crippen molar-refractivity contribution >= 4 is 21.8 Å². The first-order valence-electron chi connectivity index (χ1n) is 5.16. The number of amides is 1. The number of nitrogens with two attached hydrogens (primary N) is 1. The maximum Gasteiger partial charge on any atom is 0.387 e. The average Bonchev–Trinajstić information content (AvgIpc) is 2.28. The molecule has 3 N–H and O–H groups in total. The largest absolute Gasteiger partial charge is 0.434 e. The molecule has 100 valence electrons. The number of primary amides is 1. The average molecular weight is 323 g/mol. The molecule has 0 aromatic heterocycles. The van der Waals surface area contributed by atoms with Gasteiger partial charge in [-0.1, -0.05) is 15.9 Å². The lowest BCUT2D eigenvalue weighted by atomic mass is 10.2. The molecule has 1 amide bonds. The molecule has 1 aromatic rings. The Labute approximate surface area is 112 Å². The van der Waals surface area contributed by atoms with Crippen molar-refractivity contribution in [3.05, 3.63) is 28.2 Å². The van der Waals surface area contributed by atoms with Crippen molar-refractivity contribution in [3.8, 4) is 5.75 Å². The second-order valence-electron chi connectivity index (χ2n) is 3.64. The highest BCUT2D eigenvalue weighted by Gasteiger charge is 2.12. The molecule has 0 bridgehead atoms. The zero-order valence-electron chi connectivity index (χ0n) is 9.62. The fraction of sp³-hybridized carbons (Fsp3) is 0.364. The van der Waals surface area contributed by atoms with Crippen LogP contribution < -0.4 is 15.8 Å². The van der Waals surface area contributed by atoms with E-state index in [1.165, 1.54) is 6.07 Å². The summed E-state index contributed by atoms with van der Waals surface area (Å²) in [4.78, 5) is 10.8. The molecule has 18 heavy (non-hydrogen) atoms. The number of hydrogen-bond donors (Lipinski definition) is 2. The first kappa shape index (κ1) is 14.8. The summed E-state index contributed by atoms with van der Waals surface area (Å²) < 4.78 is 29.5. The maximum absolute atomic E-state index is 12.2. The van der Waals surface area contributed by atoms with E-state index in [-0.39, 0.29) is 12.3 Å². The van der Waals surface area contributed by atoms with Crippen molar-refractivity contribution in [1.82, 2.24) is 5.32 Å². The number of benzene rings is 1. The summed E-state index contributed by atoms with van der Waals surface area (Å²) in [6.45, 7) is -1.10. The number of alkyl halides is 2. The van der Waals surface area contributed by atoms with Crippen LogP contribution in [0, 0.1) is 0 Å². The highest BCUT2D eigenvalue weighted by atomic mass is 79.9. The number of halogens is 3. The Bertz CT molecular complexity index is 430. The first-order chi connectivity index (χ1) is 8.40. The van der Waals surface area contributed by atoms with Crippen molar-refractivity contribution in [2.75, 3.05) is 0 Å². The summed E-state index contributed by atoms with van der Waals surface area (Å²) in [6, 6.07) is 4.11. The van der Waals surface area contributed by atoms with Crippen LogP contribution in [0.4, 0.5) is 8.78 Å². The third kappa shape index (κ3) is 4.58. The minimum absolute atomic E-state index is 0.0670. The second-order valence-corrected chi connectivity index (χ2v) is 4.55. The van der Waals surface area contributed by atoms with E-state index in [2.05, 4.69) is 26.0 Å². The first-order valence-corrected chi connectivity index (χ1v) is 5.95. The molecule has 0 radical (unpaired) electrons. The molecule has 0 fully saturated rings. The number of hydrogen-bond acceptors (Lipinski definition) is 3. The summed E-state index contributed by atoms with van der Waals surface area (Å²) in [5.74, 6) is -0.446. The predicted molar refractivity (Wildman–Crippen MR) is 66.3 cm³/mol. The number of carbonyl (C=O) groups excluding carboxylic acids is 1. The van der Waals surface area contributed by atoms with Crippen LogP contribution in [0.5, 0.6) is 5.75 Å².